The quantitative estimate of drug-likeness (QED) is 0.645. The van der Waals surface area contributed by atoms with Crippen molar-refractivity contribution < 1.29 is 4.79 Å². The van der Waals surface area contributed by atoms with Gasteiger partial charge in [-0.05, 0) is 24.6 Å². The van der Waals surface area contributed by atoms with Gasteiger partial charge >= 0.3 is 0 Å². The summed E-state index contributed by atoms with van der Waals surface area (Å²) in [5.74, 6) is 0.338. The second-order valence-corrected chi connectivity index (χ2v) is 5.69. The minimum Gasteiger partial charge on any atom is -0.332 e. The van der Waals surface area contributed by atoms with Crippen molar-refractivity contribution in [1.82, 2.24) is 14.5 Å². The van der Waals surface area contributed by atoms with E-state index in [4.69, 9.17) is 5.41 Å². The van der Waals surface area contributed by atoms with E-state index in [1.54, 1.807) is 25.3 Å². The summed E-state index contributed by atoms with van der Waals surface area (Å²) in [7, 11) is 0. The molecule has 0 aliphatic rings. The number of aromatic nitrogens is 3. The molecule has 0 unspecified atom stereocenters. The Labute approximate surface area is 146 Å². The van der Waals surface area contributed by atoms with Crippen molar-refractivity contribution >= 4 is 34.2 Å². The first kappa shape index (κ1) is 16.8. The highest BCUT2D eigenvalue weighted by Gasteiger charge is 2.10. The molecular formula is C19H20N5O. The van der Waals surface area contributed by atoms with Crippen LogP contribution in [0.5, 0.6) is 0 Å². The van der Waals surface area contributed by atoms with Crippen molar-refractivity contribution in [2.75, 3.05) is 5.32 Å². The molecule has 0 spiro atoms. The first-order chi connectivity index (χ1) is 12.1. The lowest BCUT2D eigenvalue weighted by atomic mass is 10.0. The zero-order valence-electron chi connectivity index (χ0n) is 14.1. The van der Waals surface area contributed by atoms with Gasteiger partial charge in [-0.1, -0.05) is 26.0 Å². The number of nitrogens with zero attached hydrogens (tertiary/aromatic N) is 3. The van der Waals surface area contributed by atoms with Gasteiger partial charge in [-0.15, -0.1) is 0 Å². The van der Waals surface area contributed by atoms with Crippen LogP contribution in [-0.4, -0.2) is 26.0 Å². The molecule has 127 valence electrons. The number of fused-ring (bicyclic) bond motifs is 1. The van der Waals surface area contributed by atoms with E-state index in [9.17, 15) is 4.79 Å². The van der Waals surface area contributed by atoms with E-state index >= 15 is 0 Å². The Kier molecular flexibility index (Phi) is 4.88. The highest BCUT2D eigenvalue weighted by Crippen LogP contribution is 2.18. The second-order valence-electron chi connectivity index (χ2n) is 5.69. The van der Waals surface area contributed by atoms with Crippen LogP contribution in [0.25, 0.3) is 11.0 Å². The van der Waals surface area contributed by atoms with Crippen LogP contribution in [0.2, 0.25) is 0 Å². The zero-order chi connectivity index (χ0) is 17.8. The van der Waals surface area contributed by atoms with Crippen LogP contribution in [0.3, 0.4) is 0 Å². The second kappa shape index (κ2) is 7.25. The SMILES string of the molecule is [CH2]CCn1ccc2cnc(Nc3ccc(C(=N)C(=O)CC)cc3)nc21. The van der Waals surface area contributed by atoms with Crippen molar-refractivity contribution in [3.05, 3.63) is 55.2 Å². The van der Waals surface area contributed by atoms with Crippen molar-refractivity contribution in [3.63, 3.8) is 0 Å². The molecule has 6 nitrogen and oxygen atoms in total. The molecule has 2 N–H and O–H groups in total. The number of hydrogen-bond acceptors (Lipinski definition) is 5. The molecule has 3 aromatic rings. The van der Waals surface area contributed by atoms with E-state index in [1.807, 2.05) is 24.4 Å². The maximum atomic E-state index is 11.6. The van der Waals surface area contributed by atoms with Gasteiger partial charge in [0.05, 0.1) is 0 Å². The van der Waals surface area contributed by atoms with E-state index in [2.05, 4.69) is 26.8 Å². The van der Waals surface area contributed by atoms with E-state index in [0.29, 0.717) is 17.9 Å². The number of carbonyl (C=O) groups is 1. The van der Waals surface area contributed by atoms with Crippen molar-refractivity contribution in [2.45, 2.75) is 26.3 Å². The molecule has 3 rings (SSSR count). The summed E-state index contributed by atoms with van der Waals surface area (Å²) in [5, 5.41) is 12.0. The summed E-state index contributed by atoms with van der Waals surface area (Å²) < 4.78 is 2.05. The molecule has 0 aliphatic heterocycles. The Balaban J connectivity index is 1.80. The largest absolute Gasteiger partial charge is 0.332 e. The molecular weight excluding hydrogens is 314 g/mol. The third-order valence-corrected chi connectivity index (χ3v) is 3.93. The fourth-order valence-electron chi connectivity index (χ4n) is 2.57. The smallest absolute Gasteiger partial charge is 0.229 e. The molecule has 2 aromatic heterocycles. The molecule has 0 saturated carbocycles. The lowest BCUT2D eigenvalue weighted by Gasteiger charge is -2.08. The Hall–Kier alpha value is -3.02. The summed E-state index contributed by atoms with van der Waals surface area (Å²) in [5.41, 5.74) is 2.32. The molecule has 1 radical (unpaired) electrons. The highest BCUT2D eigenvalue weighted by molar-refractivity contribution is 6.44. The molecule has 25 heavy (non-hydrogen) atoms. The molecule has 0 atom stereocenters. The van der Waals surface area contributed by atoms with Crippen LogP contribution < -0.4 is 5.32 Å². The van der Waals surface area contributed by atoms with Crippen molar-refractivity contribution in [1.29, 1.82) is 5.41 Å². The van der Waals surface area contributed by atoms with Gasteiger partial charge in [0.2, 0.25) is 5.95 Å². The van der Waals surface area contributed by atoms with Crippen LogP contribution in [0.4, 0.5) is 11.6 Å². The molecule has 1 aromatic carbocycles. The van der Waals surface area contributed by atoms with Crippen LogP contribution in [0.1, 0.15) is 25.3 Å². The Morgan fingerprint density at radius 3 is 2.72 bits per heavy atom. The van der Waals surface area contributed by atoms with E-state index in [0.717, 1.165) is 29.7 Å². The Morgan fingerprint density at radius 2 is 2.04 bits per heavy atom. The summed E-state index contributed by atoms with van der Waals surface area (Å²) in [6, 6.07) is 9.12. The van der Waals surface area contributed by atoms with Crippen molar-refractivity contribution in [2.24, 2.45) is 0 Å². The van der Waals surface area contributed by atoms with Crippen LogP contribution in [-0.2, 0) is 11.3 Å². The van der Waals surface area contributed by atoms with Gasteiger partial charge in [-0.2, -0.15) is 4.98 Å². The minimum atomic E-state index is -0.166. The highest BCUT2D eigenvalue weighted by atomic mass is 16.1. The maximum absolute atomic E-state index is 11.6. The summed E-state index contributed by atoms with van der Waals surface area (Å²) in [6.45, 7) is 6.44. The first-order valence-corrected chi connectivity index (χ1v) is 8.22. The number of benzene rings is 1. The predicted molar refractivity (Wildman–Crippen MR) is 99.4 cm³/mol. The molecule has 2 heterocycles. The number of hydrogen-bond donors (Lipinski definition) is 2. The van der Waals surface area contributed by atoms with Crippen LogP contribution in [0, 0.1) is 12.3 Å². The Bertz CT molecular complexity index is 911. The van der Waals surface area contributed by atoms with Crippen molar-refractivity contribution in [3.8, 4) is 0 Å². The number of rotatable bonds is 7. The third-order valence-electron chi connectivity index (χ3n) is 3.93. The van der Waals surface area contributed by atoms with Crippen LogP contribution >= 0.6 is 0 Å². The summed E-state index contributed by atoms with van der Waals surface area (Å²) in [6.07, 6.45) is 4.90. The minimum absolute atomic E-state index is 0.0396. The number of carbonyl (C=O) groups excluding carboxylic acids is 1. The van der Waals surface area contributed by atoms with E-state index < -0.39 is 0 Å². The molecule has 6 heteroatoms. The average Bonchev–Trinajstić information content (AvgIpc) is 3.04. The van der Waals surface area contributed by atoms with Gasteiger partial charge in [0.25, 0.3) is 0 Å². The van der Waals surface area contributed by atoms with Crippen LogP contribution in [0.15, 0.2) is 42.7 Å². The van der Waals surface area contributed by atoms with E-state index in [-0.39, 0.29) is 11.5 Å². The molecule has 0 fully saturated rings. The van der Waals surface area contributed by atoms with Gasteiger partial charge in [0.1, 0.15) is 11.4 Å². The number of aryl methyl sites for hydroxylation is 1. The van der Waals surface area contributed by atoms with Gasteiger partial charge < -0.3 is 9.88 Å². The number of Topliss-reactive ketones (excluding diaryl/α,β-unsaturated/α-hetero) is 1. The lowest BCUT2D eigenvalue weighted by Crippen LogP contribution is -2.12. The molecule has 0 bridgehead atoms. The number of anilines is 2. The lowest BCUT2D eigenvalue weighted by molar-refractivity contribution is -0.112. The predicted octanol–water partition coefficient (Wildman–Crippen LogP) is 3.75. The number of nitrogens with one attached hydrogen (secondary N) is 2. The Morgan fingerprint density at radius 1 is 1.28 bits per heavy atom. The summed E-state index contributed by atoms with van der Waals surface area (Å²) in [4.78, 5) is 20.5. The zero-order valence-corrected chi connectivity index (χ0v) is 14.1. The fourth-order valence-corrected chi connectivity index (χ4v) is 2.57. The van der Waals surface area contributed by atoms with Gasteiger partial charge in [-0.25, -0.2) is 4.98 Å². The molecule has 0 saturated heterocycles. The van der Waals surface area contributed by atoms with Gasteiger partial charge in [0.15, 0.2) is 5.78 Å². The van der Waals surface area contributed by atoms with E-state index in [1.165, 1.54) is 0 Å². The molecule has 0 aliphatic carbocycles. The first-order valence-electron chi connectivity index (χ1n) is 8.22. The molecule has 0 amide bonds. The fraction of sp³-hybridized carbons (Fsp3) is 0.211. The maximum Gasteiger partial charge on any atom is 0.229 e. The van der Waals surface area contributed by atoms with Gasteiger partial charge in [0, 0.05) is 42.0 Å². The normalized spacial score (nSPS) is 10.8. The topological polar surface area (TPSA) is 83.7 Å². The third kappa shape index (κ3) is 3.57. The standard InChI is InChI=1S/C19H20N5O/c1-3-10-24-11-9-14-12-21-19(23-18(14)24)22-15-7-5-13(6-8-15)17(20)16(25)4-2/h5-9,11-12,20H,1,3-4,10H2,2H3,(H,21,22,23). The van der Waals surface area contributed by atoms with Gasteiger partial charge in [-0.3, -0.25) is 10.2 Å². The summed E-state index contributed by atoms with van der Waals surface area (Å²) >= 11 is 0. The monoisotopic (exact) mass is 334 g/mol. The number of ketones is 1. The average molecular weight is 334 g/mol.